The lowest BCUT2D eigenvalue weighted by atomic mass is 10.1. The van der Waals surface area contributed by atoms with Gasteiger partial charge in [0.05, 0.1) is 23.7 Å². The van der Waals surface area contributed by atoms with Crippen LogP contribution in [-0.2, 0) is 11.2 Å². The van der Waals surface area contributed by atoms with Crippen LogP contribution in [-0.4, -0.2) is 17.4 Å². The van der Waals surface area contributed by atoms with Gasteiger partial charge in [-0.2, -0.15) is 0 Å². The summed E-state index contributed by atoms with van der Waals surface area (Å²) < 4.78 is 0. The fourth-order valence-corrected chi connectivity index (χ4v) is 2.57. The molecule has 2 rings (SSSR count). The van der Waals surface area contributed by atoms with Crippen LogP contribution in [0.1, 0.15) is 31.1 Å². The number of carbonyl (C=O) groups excluding carboxylic acids is 1. The standard InChI is InChI=1S/C15H19N3OS/c1-3-16-15(19)8-12-4-6-13(7-5-12)18-11(2)14-9-20-10-17-14/h4-7,9-11,18H,3,8H2,1-2H3,(H,16,19). The van der Waals surface area contributed by atoms with Crippen LogP contribution >= 0.6 is 11.3 Å². The molecular weight excluding hydrogens is 270 g/mol. The summed E-state index contributed by atoms with van der Waals surface area (Å²) >= 11 is 1.60. The molecule has 2 aromatic rings. The number of anilines is 1. The Morgan fingerprint density at radius 1 is 1.35 bits per heavy atom. The highest BCUT2D eigenvalue weighted by Gasteiger charge is 2.07. The van der Waals surface area contributed by atoms with E-state index in [4.69, 9.17) is 0 Å². The van der Waals surface area contributed by atoms with Gasteiger partial charge in [-0.15, -0.1) is 11.3 Å². The van der Waals surface area contributed by atoms with Crippen molar-refractivity contribution < 1.29 is 4.79 Å². The highest BCUT2D eigenvalue weighted by molar-refractivity contribution is 7.07. The van der Waals surface area contributed by atoms with Crippen LogP contribution in [0.3, 0.4) is 0 Å². The molecule has 1 aromatic heterocycles. The van der Waals surface area contributed by atoms with Gasteiger partial charge >= 0.3 is 0 Å². The van der Waals surface area contributed by atoms with E-state index in [2.05, 4.69) is 22.5 Å². The minimum atomic E-state index is 0.0593. The summed E-state index contributed by atoms with van der Waals surface area (Å²) in [5.74, 6) is 0.0593. The molecule has 0 fully saturated rings. The average Bonchev–Trinajstić information content (AvgIpc) is 2.95. The Bertz CT molecular complexity index is 537. The van der Waals surface area contributed by atoms with E-state index in [1.165, 1.54) is 0 Å². The summed E-state index contributed by atoms with van der Waals surface area (Å²) in [7, 11) is 0. The first-order valence-corrected chi connectivity index (χ1v) is 7.63. The predicted molar refractivity (Wildman–Crippen MR) is 83.0 cm³/mol. The molecule has 0 aliphatic carbocycles. The molecule has 0 bridgehead atoms. The van der Waals surface area contributed by atoms with Crippen molar-refractivity contribution >= 4 is 22.9 Å². The minimum Gasteiger partial charge on any atom is -0.377 e. The molecule has 5 heteroatoms. The molecule has 1 amide bonds. The van der Waals surface area contributed by atoms with Crippen LogP contribution in [0.15, 0.2) is 35.2 Å². The van der Waals surface area contributed by atoms with Gasteiger partial charge in [0, 0.05) is 17.6 Å². The van der Waals surface area contributed by atoms with Crippen LogP contribution in [0.2, 0.25) is 0 Å². The molecular formula is C15H19N3OS. The average molecular weight is 289 g/mol. The second-order valence-electron chi connectivity index (χ2n) is 4.61. The molecule has 0 saturated carbocycles. The molecule has 1 heterocycles. The Balaban J connectivity index is 1.93. The minimum absolute atomic E-state index is 0.0593. The molecule has 1 atom stereocenters. The van der Waals surface area contributed by atoms with Crippen LogP contribution < -0.4 is 10.6 Å². The fourth-order valence-electron chi connectivity index (χ4n) is 1.92. The maximum atomic E-state index is 11.5. The number of amides is 1. The largest absolute Gasteiger partial charge is 0.377 e. The van der Waals surface area contributed by atoms with Gasteiger partial charge < -0.3 is 10.6 Å². The number of likely N-dealkylation sites (N-methyl/N-ethyl adjacent to an activating group) is 1. The molecule has 1 unspecified atom stereocenters. The van der Waals surface area contributed by atoms with Crippen LogP contribution in [0.25, 0.3) is 0 Å². The fraction of sp³-hybridized carbons (Fsp3) is 0.333. The van der Waals surface area contributed by atoms with Gasteiger partial charge in [0.2, 0.25) is 5.91 Å². The lowest BCUT2D eigenvalue weighted by molar-refractivity contribution is -0.120. The summed E-state index contributed by atoms with van der Waals surface area (Å²) in [6.07, 6.45) is 0.426. The van der Waals surface area contributed by atoms with E-state index in [9.17, 15) is 4.79 Å². The van der Waals surface area contributed by atoms with Gasteiger partial charge in [-0.05, 0) is 31.5 Å². The van der Waals surface area contributed by atoms with Crippen molar-refractivity contribution in [3.8, 4) is 0 Å². The number of thiazole rings is 1. The molecule has 0 spiro atoms. The van der Waals surface area contributed by atoms with Crippen molar-refractivity contribution in [3.63, 3.8) is 0 Å². The van der Waals surface area contributed by atoms with Crippen molar-refractivity contribution in [2.24, 2.45) is 0 Å². The summed E-state index contributed by atoms with van der Waals surface area (Å²) in [5.41, 5.74) is 4.93. The van der Waals surface area contributed by atoms with E-state index in [0.717, 1.165) is 16.9 Å². The Kier molecular flexibility index (Phi) is 5.12. The maximum absolute atomic E-state index is 11.5. The first-order chi connectivity index (χ1) is 9.69. The zero-order valence-corrected chi connectivity index (χ0v) is 12.5. The van der Waals surface area contributed by atoms with E-state index >= 15 is 0 Å². The Morgan fingerprint density at radius 3 is 2.70 bits per heavy atom. The van der Waals surface area contributed by atoms with E-state index in [-0.39, 0.29) is 11.9 Å². The molecule has 0 aliphatic heterocycles. The second kappa shape index (κ2) is 7.05. The topological polar surface area (TPSA) is 54.0 Å². The van der Waals surface area contributed by atoms with Gasteiger partial charge in [-0.25, -0.2) is 4.98 Å². The van der Waals surface area contributed by atoms with Crippen molar-refractivity contribution in [1.82, 2.24) is 10.3 Å². The van der Waals surface area contributed by atoms with Gasteiger partial charge in [-0.3, -0.25) is 4.79 Å². The van der Waals surface area contributed by atoms with Crippen molar-refractivity contribution in [2.45, 2.75) is 26.3 Å². The highest BCUT2D eigenvalue weighted by atomic mass is 32.1. The molecule has 0 radical (unpaired) electrons. The quantitative estimate of drug-likeness (QED) is 0.859. The lowest BCUT2D eigenvalue weighted by Crippen LogP contribution is -2.24. The summed E-state index contributed by atoms with van der Waals surface area (Å²) in [4.78, 5) is 15.8. The molecule has 106 valence electrons. The first-order valence-electron chi connectivity index (χ1n) is 6.69. The highest BCUT2D eigenvalue weighted by Crippen LogP contribution is 2.19. The molecule has 0 aliphatic rings. The normalized spacial score (nSPS) is 11.9. The van der Waals surface area contributed by atoms with Crippen molar-refractivity contribution in [2.75, 3.05) is 11.9 Å². The van der Waals surface area contributed by atoms with Gasteiger partial charge in [0.25, 0.3) is 0 Å². The zero-order valence-electron chi connectivity index (χ0n) is 11.7. The lowest BCUT2D eigenvalue weighted by Gasteiger charge is -2.13. The maximum Gasteiger partial charge on any atom is 0.224 e. The monoisotopic (exact) mass is 289 g/mol. The molecule has 0 saturated heterocycles. The van der Waals surface area contributed by atoms with E-state index in [0.29, 0.717) is 13.0 Å². The van der Waals surface area contributed by atoms with Crippen LogP contribution in [0.5, 0.6) is 0 Å². The van der Waals surface area contributed by atoms with E-state index in [1.807, 2.05) is 42.1 Å². The molecule has 4 nitrogen and oxygen atoms in total. The number of nitrogens with one attached hydrogen (secondary N) is 2. The Morgan fingerprint density at radius 2 is 2.10 bits per heavy atom. The smallest absolute Gasteiger partial charge is 0.224 e. The van der Waals surface area contributed by atoms with Crippen molar-refractivity contribution in [3.05, 3.63) is 46.4 Å². The second-order valence-corrected chi connectivity index (χ2v) is 5.33. The molecule has 20 heavy (non-hydrogen) atoms. The summed E-state index contributed by atoms with van der Waals surface area (Å²) in [6, 6.07) is 8.13. The van der Waals surface area contributed by atoms with Crippen LogP contribution in [0, 0.1) is 0 Å². The third-order valence-corrected chi connectivity index (χ3v) is 3.58. The summed E-state index contributed by atoms with van der Waals surface area (Å²) in [6.45, 7) is 4.67. The summed E-state index contributed by atoms with van der Waals surface area (Å²) in [5, 5.41) is 8.23. The third-order valence-electron chi connectivity index (χ3n) is 2.97. The number of aromatic nitrogens is 1. The van der Waals surface area contributed by atoms with Gasteiger partial charge in [0.15, 0.2) is 0 Å². The Hall–Kier alpha value is -1.88. The number of nitrogens with zero attached hydrogens (tertiary/aromatic N) is 1. The number of hydrogen-bond donors (Lipinski definition) is 2. The van der Waals surface area contributed by atoms with Gasteiger partial charge in [-0.1, -0.05) is 12.1 Å². The molecule has 1 aromatic carbocycles. The zero-order chi connectivity index (χ0) is 14.4. The van der Waals surface area contributed by atoms with E-state index in [1.54, 1.807) is 11.3 Å². The number of benzene rings is 1. The van der Waals surface area contributed by atoms with Gasteiger partial charge in [0.1, 0.15) is 0 Å². The van der Waals surface area contributed by atoms with Crippen molar-refractivity contribution in [1.29, 1.82) is 0 Å². The SMILES string of the molecule is CCNC(=O)Cc1ccc(NC(C)c2cscn2)cc1. The predicted octanol–water partition coefficient (Wildman–Crippen LogP) is 2.99. The van der Waals surface area contributed by atoms with Crippen LogP contribution in [0.4, 0.5) is 5.69 Å². The third kappa shape index (κ3) is 4.06. The number of carbonyl (C=O) groups is 1. The number of hydrogen-bond acceptors (Lipinski definition) is 4. The Labute approximate surface area is 123 Å². The van der Waals surface area contributed by atoms with E-state index < -0.39 is 0 Å². The number of rotatable bonds is 6. The molecule has 2 N–H and O–H groups in total. The first kappa shape index (κ1) is 14.5.